The molecule has 0 aromatic heterocycles. The Balaban J connectivity index is 1.28. The molecule has 2 saturated heterocycles. The predicted octanol–water partition coefficient (Wildman–Crippen LogP) is 7.82. The van der Waals surface area contributed by atoms with E-state index in [0.717, 1.165) is 27.8 Å². The van der Waals surface area contributed by atoms with E-state index < -0.39 is 42.2 Å². The first kappa shape index (κ1) is 38.6. The van der Waals surface area contributed by atoms with Crippen LogP contribution in [0.4, 0.5) is 0 Å². The maximum Gasteiger partial charge on any atom is 0.325 e. The summed E-state index contributed by atoms with van der Waals surface area (Å²) in [6.07, 6.45) is -2.76. The lowest BCUT2D eigenvalue weighted by Crippen LogP contribution is -2.67. The lowest BCUT2D eigenvalue weighted by atomic mass is 9.88. The number of rotatable bonds is 17. The minimum Gasteiger partial charge on any atom is -0.465 e. The Labute approximate surface area is 323 Å². The van der Waals surface area contributed by atoms with Gasteiger partial charge in [-0.25, -0.2) is 0 Å². The molecule has 5 aromatic carbocycles. The van der Waals surface area contributed by atoms with Gasteiger partial charge in [-0.1, -0.05) is 152 Å². The van der Waals surface area contributed by atoms with Gasteiger partial charge in [-0.3, -0.25) is 9.63 Å². The van der Waals surface area contributed by atoms with Gasteiger partial charge >= 0.3 is 5.97 Å². The SMILES string of the molecule is CCOC(=O)[C@H]1C[C@]2(O[C@H](COCc3ccccc3)[C@H](OCc3ccccc3)[C@H](OCc3ccccc3)[C@H]2OCc2ccccc2)ON1Cc1ccccc1. The van der Waals surface area contributed by atoms with Crippen LogP contribution in [0.25, 0.3) is 0 Å². The molecule has 2 aliphatic heterocycles. The van der Waals surface area contributed by atoms with Gasteiger partial charge in [-0.05, 0) is 34.7 Å². The van der Waals surface area contributed by atoms with Crippen molar-refractivity contribution in [2.75, 3.05) is 13.2 Å². The molecule has 0 aliphatic carbocycles. The highest BCUT2D eigenvalue weighted by Gasteiger charge is 2.64. The number of carbonyl (C=O) groups is 1. The molecule has 286 valence electrons. The average molecular weight is 744 g/mol. The van der Waals surface area contributed by atoms with Gasteiger partial charge in [0.05, 0.1) is 46.2 Å². The van der Waals surface area contributed by atoms with Crippen molar-refractivity contribution in [3.8, 4) is 0 Å². The van der Waals surface area contributed by atoms with E-state index >= 15 is 0 Å². The second-order valence-electron chi connectivity index (χ2n) is 13.8. The lowest BCUT2D eigenvalue weighted by Gasteiger charge is -2.50. The summed E-state index contributed by atoms with van der Waals surface area (Å²) < 4.78 is 39.9. The molecule has 0 unspecified atom stereocenters. The molecule has 1 spiro atoms. The zero-order valence-electron chi connectivity index (χ0n) is 31.2. The monoisotopic (exact) mass is 743 g/mol. The molecular weight excluding hydrogens is 695 g/mol. The fraction of sp³-hybridized carbons (Fsp3) is 0.326. The maximum absolute atomic E-state index is 13.8. The predicted molar refractivity (Wildman–Crippen MR) is 207 cm³/mol. The van der Waals surface area contributed by atoms with E-state index in [2.05, 4.69) is 0 Å². The molecule has 9 nitrogen and oxygen atoms in total. The highest BCUT2D eigenvalue weighted by Crippen LogP contribution is 2.46. The number of ether oxygens (including phenoxy) is 6. The Hall–Kier alpha value is -4.71. The summed E-state index contributed by atoms with van der Waals surface area (Å²) in [5.41, 5.74) is 4.96. The smallest absolute Gasteiger partial charge is 0.325 e. The van der Waals surface area contributed by atoms with Crippen molar-refractivity contribution in [1.29, 1.82) is 0 Å². The molecular formula is C46H49NO8. The van der Waals surface area contributed by atoms with E-state index in [9.17, 15) is 4.79 Å². The van der Waals surface area contributed by atoms with Gasteiger partial charge in [0, 0.05) is 6.42 Å². The largest absolute Gasteiger partial charge is 0.465 e. The molecule has 6 atom stereocenters. The van der Waals surface area contributed by atoms with Crippen molar-refractivity contribution in [2.24, 2.45) is 0 Å². The molecule has 0 bridgehead atoms. The van der Waals surface area contributed by atoms with Crippen molar-refractivity contribution < 1.29 is 38.1 Å². The number of hydroxylamine groups is 2. The molecule has 9 heteroatoms. The molecule has 7 rings (SSSR count). The zero-order valence-corrected chi connectivity index (χ0v) is 31.2. The highest BCUT2D eigenvalue weighted by molar-refractivity contribution is 5.76. The maximum atomic E-state index is 13.8. The molecule has 2 fully saturated rings. The first-order valence-electron chi connectivity index (χ1n) is 19.0. The van der Waals surface area contributed by atoms with Crippen LogP contribution in [-0.2, 0) is 71.0 Å². The minimum atomic E-state index is -1.48. The second-order valence-corrected chi connectivity index (χ2v) is 13.8. The molecule has 55 heavy (non-hydrogen) atoms. The van der Waals surface area contributed by atoms with Gasteiger partial charge < -0.3 is 28.4 Å². The Kier molecular flexibility index (Phi) is 13.5. The van der Waals surface area contributed by atoms with Crippen LogP contribution >= 0.6 is 0 Å². The fourth-order valence-corrected chi connectivity index (χ4v) is 7.17. The van der Waals surface area contributed by atoms with E-state index in [4.69, 9.17) is 33.3 Å². The van der Waals surface area contributed by atoms with Crippen LogP contribution < -0.4 is 0 Å². The summed E-state index contributed by atoms with van der Waals surface area (Å²) in [7, 11) is 0. The van der Waals surface area contributed by atoms with E-state index in [-0.39, 0.29) is 32.8 Å². The van der Waals surface area contributed by atoms with E-state index in [1.807, 2.05) is 152 Å². The fourth-order valence-electron chi connectivity index (χ4n) is 7.17. The summed E-state index contributed by atoms with van der Waals surface area (Å²) in [6.45, 7) is 3.72. The Bertz CT molecular complexity index is 1870. The van der Waals surface area contributed by atoms with Crippen LogP contribution in [0, 0.1) is 0 Å². The average Bonchev–Trinajstić information content (AvgIpc) is 3.59. The lowest BCUT2D eigenvalue weighted by molar-refractivity contribution is -0.408. The van der Waals surface area contributed by atoms with Gasteiger partial charge in [0.2, 0.25) is 5.79 Å². The zero-order chi connectivity index (χ0) is 37.7. The Morgan fingerprint density at radius 2 is 1.07 bits per heavy atom. The van der Waals surface area contributed by atoms with Crippen molar-refractivity contribution in [1.82, 2.24) is 5.06 Å². The van der Waals surface area contributed by atoms with E-state index in [1.165, 1.54) is 0 Å². The van der Waals surface area contributed by atoms with Gasteiger partial charge in [-0.15, -0.1) is 0 Å². The third kappa shape index (κ3) is 10.1. The summed E-state index contributed by atoms with van der Waals surface area (Å²) >= 11 is 0. The van der Waals surface area contributed by atoms with Crippen LogP contribution in [0.2, 0.25) is 0 Å². The van der Waals surface area contributed by atoms with Gasteiger partial charge in [-0.2, -0.15) is 5.06 Å². The quantitative estimate of drug-likeness (QED) is 0.0886. The molecule has 0 amide bonds. The van der Waals surface area contributed by atoms with Crippen LogP contribution in [0.1, 0.15) is 41.2 Å². The summed E-state index contributed by atoms with van der Waals surface area (Å²) in [6, 6.07) is 49.1. The number of hydrogen-bond acceptors (Lipinski definition) is 9. The number of nitrogens with zero attached hydrogens (tertiary/aromatic N) is 1. The number of esters is 1. The van der Waals surface area contributed by atoms with Crippen LogP contribution in [0.5, 0.6) is 0 Å². The van der Waals surface area contributed by atoms with Crippen LogP contribution in [0.3, 0.4) is 0 Å². The van der Waals surface area contributed by atoms with Crippen molar-refractivity contribution in [3.63, 3.8) is 0 Å². The summed E-state index contributed by atoms with van der Waals surface area (Å²) in [5.74, 6) is -1.88. The van der Waals surface area contributed by atoms with Crippen molar-refractivity contribution >= 4 is 5.97 Å². The Morgan fingerprint density at radius 3 is 1.58 bits per heavy atom. The first-order chi connectivity index (χ1) is 27.1. The molecule has 2 aliphatic rings. The van der Waals surface area contributed by atoms with E-state index in [0.29, 0.717) is 19.8 Å². The normalized spacial score (nSPS) is 23.8. The summed E-state index contributed by atoms with van der Waals surface area (Å²) in [5, 5.41) is 1.67. The molecule has 5 aromatic rings. The number of hydrogen-bond donors (Lipinski definition) is 0. The molecule has 0 N–H and O–H groups in total. The number of carbonyl (C=O) groups excluding carboxylic acids is 1. The van der Waals surface area contributed by atoms with Gasteiger partial charge in [0.1, 0.15) is 30.5 Å². The van der Waals surface area contributed by atoms with Crippen LogP contribution in [-0.4, -0.2) is 60.5 Å². The molecule has 0 saturated carbocycles. The third-order valence-corrected chi connectivity index (χ3v) is 9.85. The third-order valence-electron chi connectivity index (χ3n) is 9.85. The molecule has 2 heterocycles. The standard InChI is InChI=1S/C46H49NO8/c1-2-50-45(48)40-28-46(55-47(40)29-35-18-8-3-9-19-35)44(53-33-39-26-16-7-17-27-39)43(52-32-38-24-14-6-15-25-38)42(51-31-37-22-12-5-13-23-37)41(54-46)34-49-30-36-20-10-4-11-21-36/h3-27,40-44H,2,28-34H2,1H3/t40-,41-,42+,43+,44-,46+/m1/s1. The Morgan fingerprint density at radius 1 is 0.618 bits per heavy atom. The van der Waals surface area contributed by atoms with Gasteiger partial charge in [0.25, 0.3) is 0 Å². The second kappa shape index (κ2) is 19.2. The van der Waals surface area contributed by atoms with Crippen LogP contribution in [0.15, 0.2) is 152 Å². The van der Waals surface area contributed by atoms with Crippen molar-refractivity contribution in [3.05, 3.63) is 179 Å². The topological polar surface area (TPSA) is 84.9 Å². The van der Waals surface area contributed by atoms with Gasteiger partial charge in [0.15, 0.2) is 0 Å². The van der Waals surface area contributed by atoms with Crippen molar-refractivity contribution in [2.45, 2.75) is 82.6 Å². The summed E-state index contributed by atoms with van der Waals surface area (Å²) in [4.78, 5) is 20.7. The molecule has 0 radical (unpaired) electrons. The minimum absolute atomic E-state index is 0.129. The first-order valence-corrected chi connectivity index (χ1v) is 19.0. The highest BCUT2D eigenvalue weighted by atomic mass is 16.8. The van der Waals surface area contributed by atoms with E-state index in [1.54, 1.807) is 12.0 Å². The number of benzene rings is 5.